The zero-order valence-corrected chi connectivity index (χ0v) is 8.58. The van der Waals surface area contributed by atoms with Crippen LogP contribution in [0.3, 0.4) is 0 Å². The molecule has 1 aliphatic rings. The van der Waals surface area contributed by atoms with Crippen LogP contribution < -0.4 is 11.3 Å². The number of nitrogens with two attached hydrogens (primary N) is 1. The molecule has 0 radical (unpaired) electrons. The molecule has 1 fully saturated rings. The van der Waals surface area contributed by atoms with Crippen molar-refractivity contribution in [2.24, 2.45) is 10.8 Å². The minimum absolute atomic E-state index is 0.677. The summed E-state index contributed by atoms with van der Waals surface area (Å²) in [6.45, 7) is 6.09. The van der Waals surface area contributed by atoms with Gasteiger partial charge in [-0.25, -0.2) is 5.84 Å². The van der Waals surface area contributed by atoms with Crippen LogP contribution in [-0.4, -0.2) is 30.0 Å². The van der Waals surface area contributed by atoms with E-state index in [2.05, 4.69) is 29.2 Å². The summed E-state index contributed by atoms with van der Waals surface area (Å²) in [6.07, 6.45) is 3.62. The first-order valence-corrected chi connectivity index (χ1v) is 5.11. The molecule has 0 atom stereocenters. The van der Waals surface area contributed by atoms with Crippen molar-refractivity contribution < 1.29 is 0 Å². The fourth-order valence-corrected chi connectivity index (χ4v) is 1.40. The standard InChI is InChI=1S/C9H20N4/c1-3-7-11-9(12-10)13(4-2)8-5-6-8/h8H,3-7,10H2,1-2H3,(H,11,12). The fraction of sp³-hybridized carbons (Fsp3) is 0.889. The van der Waals surface area contributed by atoms with E-state index in [-0.39, 0.29) is 0 Å². The molecule has 1 aliphatic carbocycles. The highest BCUT2D eigenvalue weighted by Gasteiger charge is 2.29. The number of hydrogen-bond acceptors (Lipinski definition) is 2. The van der Waals surface area contributed by atoms with E-state index in [1.807, 2.05) is 0 Å². The summed E-state index contributed by atoms with van der Waals surface area (Å²) in [5, 5.41) is 0. The van der Waals surface area contributed by atoms with Crippen molar-refractivity contribution in [3.63, 3.8) is 0 Å². The third-order valence-electron chi connectivity index (χ3n) is 2.21. The molecule has 0 saturated heterocycles. The Hall–Kier alpha value is -0.770. The SMILES string of the molecule is CCCN=C(NN)N(CC)C1CC1. The molecule has 0 aromatic heterocycles. The van der Waals surface area contributed by atoms with Gasteiger partial charge in [0.1, 0.15) is 0 Å². The number of hydrazine groups is 1. The maximum absolute atomic E-state index is 5.43. The Morgan fingerprint density at radius 2 is 2.23 bits per heavy atom. The summed E-state index contributed by atoms with van der Waals surface area (Å²) in [6, 6.07) is 0.677. The lowest BCUT2D eigenvalue weighted by Crippen LogP contribution is -2.46. The molecule has 4 nitrogen and oxygen atoms in total. The van der Waals surface area contributed by atoms with Crippen LogP contribution in [0.25, 0.3) is 0 Å². The lowest BCUT2D eigenvalue weighted by molar-refractivity contribution is 0.413. The summed E-state index contributed by atoms with van der Waals surface area (Å²) in [7, 11) is 0. The first-order valence-electron chi connectivity index (χ1n) is 5.11. The van der Waals surface area contributed by atoms with E-state index in [9.17, 15) is 0 Å². The fourth-order valence-electron chi connectivity index (χ4n) is 1.40. The second-order valence-electron chi connectivity index (χ2n) is 3.37. The number of aliphatic imine (C=N–C) groups is 1. The van der Waals surface area contributed by atoms with Gasteiger partial charge in [0, 0.05) is 19.1 Å². The normalized spacial score (nSPS) is 17.3. The summed E-state index contributed by atoms with van der Waals surface area (Å²) in [5.74, 6) is 6.29. The number of nitrogens with one attached hydrogen (secondary N) is 1. The first kappa shape index (κ1) is 10.3. The van der Waals surface area contributed by atoms with Gasteiger partial charge in [-0.3, -0.25) is 10.4 Å². The van der Waals surface area contributed by atoms with Gasteiger partial charge in [-0.1, -0.05) is 6.92 Å². The van der Waals surface area contributed by atoms with E-state index >= 15 is 0 Å². The number of guanidine groups is 1. The maximum Gasteiger partial charge on any atom is 0.208 e. The van der Waals surface area contributed by atoms with E-state index in [4.69, 9.17) is 5.84 Å². The zero-order chi connectivity index (χ0) is 9.68. The Morgan fingerprint density at radius 3 is 2.62 bits per heavy atom. The van der Waals surface area contributed by atoms with Crippen LogP contribution in [0.4, 0.5) is 0 Å². The molecule has 0 aromatic rings. The predicted octanol–water partition coefficient (Wildman–Crippen LogP) is 0.700. The average molecular weight is 184 g/mol. The van der Waals surface area contributed by atoms with Crippen molar-refractivity contribution in [2.45, 2.75) is 39.2 Å². The largest absolute Gasteiger partial charge is 0.339 e. The quantitative estimate of drug-likeness (QED) is 0.293. The molecule has 76 valence electrons. The van der Waals surface area contributed by atoms with Gasteiger partial charge in [0.05, 0.1) is 0 Å². The van der Waals surface area contributed by atoms with Crippen molar-refractivity contribution in [3.8, 4) is 0 Å². The van der Waals surface area contributed by atoms with Gasteiger partial charge in [0.2, 0.25) is 5.96 Å². The Bertz CT molecular complexity index is 174. The van der Waals surface area contributed by atoms with E-state index < -0.39 is 0 Å². The van der Waals surface area contributed by atoms with Crippen molar-refractivity contribution in [3.05, 3.63) is 0 Å². The van der Waals surface area contributed by atoms with Gasteiger partial charge in [0.15, 0.2) is 0 Å². The van der Waals surface area contributed by atoms with Gasteiger partial charge in [-0.2, -0.15) is 0 Å². The Kier molecular flexibility index (Phi) is 4.02. The smallest absolute Gasteiger partial charge is 0.208 e. The summed E-state index contributed by atoms with van der Waals surface area (Å²) in [4.78, 5) is 6.65. The maximum atomic E-state index is 5.43. The highest BCUT2D eigenvalue weighted by molar-refractivity contribution is 5.80. The van der Waals surface area contributed by atoms with E-state index in [0.717, 1.165) is 25.5 Å². The number of rotatable bonds is 4. The van der Waals surface area contributed by atoms with Crippen molar-refractivity contribution in [1.29, 1.82) is 0 Å². The molecule has 0 heterocycles. The van der Waals surface area contributed by atoms with Gasteiger partial charge in [0.25, 0.3) is 0 Å². The van der Waals surface area contributed by atoms with E-state index in [1.54, 1.807) is 0 Å². The first-order chi connectivity index (χ1) is 6.33. The summed E-state index contributed by atoms with van der Waals surface area (Å²) in [5.41, 5.74) is 2.69. The van der Waals surface area contributed by atoms with Gasteiger partial charge in [-0.05, 0) is 26.2 Å². The lowest BCUT2D eigenvalue weighted by atomic mass is 10.5. The van der Waals surface area contributed by atoms with Gasteiger partial charge >= 0.3 is 0 Å². The van der Waals surface area contributed by atoms with E-state index in [1.165, 1.54) is 12.8 Å². The monoisotopic (exact) mass is 184 g/mol. The molecule has 0 aliphatic heterocycles. The van der Waals surface area contributed by atoms with Crippen LogP contribution in [0.2, 0.25) is 0 Å². The molecule has 0 aromatic carbocycles. The van der Waals surface area contributed by atoms with Gasteiger partial charge in [-0.15, -0.1) is 0 Å². The zero-order valence-electron chi connectivity index (χ0n) is 8.58. The van der Waals surface area contributed by atoms with Crippen LogP contribution in [0.15, 0.2) is 4.99 Å². The highest BCUT2D eigenvalue weighted by Crippen LogP contribution is 2.26. The van der Waals surface area contributed by atoms with Crippen molar-refractivity contribution in [2.75, 3.05) is 13.1 Å². The van der Waals surface area contributed by atoms with E-state index in [0.29, 0.717) is 6.04 Å². The molecule has 1 rings (SSSR count). The molecule has 0 amide bonds. The van der Waals surface area contributed by atoms with Crippen molar-refractivity contribution >= 4 is 5.96 Å². The second kappa shape index (κ2) is 5.07. The Balaban J connectivity index is 2.50. The lowest BCUT2D eigenvalue weighted by Gasteiger charge is -2.23. The van der Waals surface area contributed by atoms with Crippen LogP contribution in [-0.2, 0) is 0 Å². The number of nitrogens with zero attached hydrogens (tertiary/aromatic N) is 2. The number of hydrogen-bond donors (Lipinski definition) is 2. The molecular weight excluding hydrogens is 164 g/mol. The third kappa shape index (κ3) is 2.88. The molecule has 0 spiro atoms. The van der Waals surface area contributed by atoms with Crippen LogP contribution >= 0.6 is 0 Å². The molecule has 13 heavy (non-hydrogen) atoms. The topological polar surface area (TPSA) is 53.6 Å². The molecule has 1 saturated carbocycles. The van der Waals surface area contributed by atoms with Gasteiger partial charge < -0.3 is 4.90 Å². The Labute approximate surface area is 80.2 Å². The molecular formula is C9H20N4. The van der Waals surface area contributed by atoms with Crippen LogP contribution in [0, 0.1) is 0 Å². The molecule has 0 bridgehead atoms. The average Bonchev–Trinajstić information content (AvgIpc) is 2.95. The van der Waals surface area contributed by atoms with Crippen LogP contribution in [0.5, 0.6) is 0 Å². The molecule has 3 N–H and O–H groups in total. The molecule has 4 heteroatoms. The summed E-state index contributed by atoms with van der Waals surface area (Å²) < 4.78 is 0. The summed E-state index contributed by atoms with van der Waals surface area (Å²) >= 11 is 0. The minimum atomic E-state index is 0.677. The van der Waals surface area contributed by atoms with Crippen molar-refractivity contribution in [1.82, 2.24) is 10.3 Å². The highest BCUT2D eigenvalue weighted by atomic mass is 15.4. The second-order valence-corrected chi connectivity index (χ2v) is 3.37. The predicted molar refractivity (Wildman–Crippen MR) is 55.3 cm³/mol. The molecule has 0 unspecified atom stereocenters. The third-order valence-corrected chi connectivity index (χ3v) is 2.21. The Morgan fingerprint density at radius 1 is 1.54 bits per heavy atom. The minimum Gasteiger partial charge on any atom is -0.339 e. The van der Waals surface area contributed by atoms with Crippen LogP contribution in [0.1, 0.15) is 33.1 Å².